The molecule has 0 spiro atoms. The van der Waals surface area contributed by atoms with Crippen molar-refractivity contribution in [3.63, 3.8) is 0 Å². The number of nitrogens with zero attached hydrogens (tertiary/aromatic N) is 4. The highest BCUT2D eigenvalue weighted by atomic mass is 16.2. The standard InChI is InChI=1S/C16H25N5O2/c1-12-17-16(19-18-12)13-5-2-10-21(11-13)15(23)7-4-9-20-8-3-6-14(20)22/h13H,2-11H2,1H3,(H,17,18,19)/t13-/m0/s1. The molecule has 23 heavy (non-hydrogen) atoms. The normalized spacial score (nSPS) is 22.0. The minimum absolute atomic E-state index is 0.189. The summed E-state index contributed by atoms with van der Waals surface area (Å²) in [5.74, 6) is 2.29. The van der Waals surface area contributed by atoms with Crippen LogP contribution in [0.3, 0.4) is 0 Å². The minimum Gasteiger partial charge on any atom is -0.343 e. The van der Waals surface area contributed by atoms with Crippen molar-refractivity contribution in [1.82, 2.24) is 25.0 Å². The van der Waals surface area contributed by atoms with Crippen LogP contribution in [0.5, 0.6) is 0 Å². The molecule has 3 heterocycles. The number of nitrogens with one attached hydrogen (secondary N) is 1. The Morgan fingerprint density at radius 2 is 2.22 bits per heavy atom. The van der Waals surface area contributed by atoms with Gasteiger partial charge in [0.1, 0.15) is 5.82 Å². The van der Waals surface area contributed by atoms with Gasteiger partial charge >= 0.3 is 0 Å². The highest BCUT2D eigenvalue weighted by Crippen LogP contribution is 2.25. The quantitative estimate of drug-likeness (QED) is 0.885. The van der Waals surface area contributed by atoms with Gasteiger partial charge in [0, 0.05) is 44.9 Å². The van der Waals surface area contributed by atoms with E-state index in [2.05, 4.69) is 15.2 Å². The number of carbonyl (C=O) groups is 2. The van der Waals surface area contributed by atoms with Gasteiger partial charge < -0.3 is 9.80 Å². The molecule has 1 atom stereocenters. The third-order valence-electron chi connectivity index (χ3n) is 4.74. The number of likely N-dealkylation sites (tertiary alicyclic amines) is 2. The molecule has 1 aromatic heterocycles. The van der Waals surface area contributed by atoms with Crippen molar-refractivity contribution in [2.24, 2.45) is 0 Å². The maximum Gasteiger partial charge on any atom is 0.222 e. The number of rotatable bonds is 5. The lowest BCUT2D eigenvalue weighted by Gasteiger charge is -2.31. The van der Waals surface area contributed by atoms with Gasteiger partial charge in [-0.3, -0.25) is 14.7 Å². The summed E-state index contributed by atoms with van der Waals surface area (Å²) in [7, 11) is 0. The van der Waals surface area contributed by atoms with Crippen molar-refractivity contribution < 1.29 is 9.59 Å². The zero-order valence-corrected chi connectivity index (χ0v) is 13.8. The van der Waals surface area contributed by atoms with Gasteiger partial charge in [0.05, 0.1) is 0 Å². The molecule has 2 saturated heterocycles. The number of aromatic amines is 1. The lowest BCUT2D eigenvalue weighted by atomic mass is 9.97. The Morgan fingerprint density at radius 1 is 1.35 bits per heavy atom. The number of amides is 2. The predicted molar refractivity (Wildman–Crippen MR) is 84.7 cm³/mol. The van der Waals surface area contributed by atoms with Crippen molar-refractivity contribution >= 4 is 11.8 Å². The van der Waals surface area contributed by atoms with E-state index < -0.39 is 0 Å². The fourth-order valence-electron chi connectivity index (χ4n) is 3.48. The van der Waals surface area contributed by atoms with Gasteiger partial charge in [-0.15, -0.1) is 0 Å². The van der Waals surface area contributed by atoms with Crippen LogP contribution in [0.15, 0.2) is 0 Å². The molecular formula is C16H25N5O2. The van der Waals surface area contributed by atoms with E-state index in [0.717, 1.165) is 50.4 Å². The topological polar surface area (TPSA) is 82.2 Å². The predicted octanol–water partition coefficient (Wildman–Crippen LogP) is 1.22. The summed E-state index contributed by atoms with van der Waals surface area (Å²) in [5.41, 5.74) is 0. The molecule has 0 aliphatic carbocycles. The molecule has 1 N–H and O–H groups in total. The summed E-state index contributed by atoms with van der Waals surface area (Å²) in [5, 5.41) is 7.12. The number of aryl methyl sites for hydroxylation is 1. The summed E-state index contributed by atoms with van der Waals surface area (Å²) in [4.78, 5) is 32.2. The number of hydrogen-bond acceptors (Lipinski definition) is 4. The molecule has 7 heteroatoms. The average molecular weight is 319 g/mol. The number of aromatic nitrogens is 3. The first-order valence-corrected chi connectivity index (χ1v) is 8.58. The Bertz CT molecular complexity index is 571. The molecule has 2 aliphatic heterocycles. The smallest absolute Gasteiger partial charge is 0.222 e. The molecule has 7 nitrogen and oxygen atoms in total. The van der Waals surface area contributed by atoms with Gasteiger partial charge in [-0.2, -0.15) is 5.10 Å². The average Bonchev–Trinajstić information content (AvgIpc) is 3.16. The summed E-state index contributed by atoms with van der Waals surface area (Å²) < 4.78 is 0. The molecule has 1 aromatic rings. The first-order valence-electron chi connectivity index (χ1n) is 8.58. The second-order valence-corrected chi connectivity index (χ2v) is 6.55. The Morgan fingerprint density at radius 3 is 2.91 bits per heavy atom. The van der Waals surface area contributed by atoms with Gasteiger partial charge in [0.15, 0.2) is 5.82 Å². The van der Waals surface area contributed by atoms with Crippen molar-refractivity contribution in [2.75, 3.05) is 26.2 Å². The highest BCUT2D eigenvalue weighted by Gasteiger charge is 2.27. The first-order chi connectivity index (χ1) is 11.1. The molecule has 2 amide bonds. The Labute approximate surface area is 136 Å². The molecule has 0 bridgehead atoms. The van der Waals surface area contributed by atoms with Crippen LogP contribution < -0.4 is 0 Å². The van der Waals surface area contributed by atoms with Crippen LogP contribution in [0.4, 0.5) is 0 Å². The molecule has 2 fully saturated rings. The van der Waals surface area contributed by atoms with E-state index in [1.165, 1.54) is 0 Å². The van der Waals surface area contributed by atoms with E-state index >= 15 is 0 Å². The second-order valence-electron chi connectivity index (χ2n) is 6.55. The number of H-pyrrole nitrogens is 1. The zero-order chi connectivity index (χ0) is 16.2. The van der Waals surface area contributed by atoms with E-state index in [9.17, 15) is 9.59 Å². The molecule has 0 radical (unpaired) electrons. The largest absolute Gasteiger partial charge is 0.343 e. The fourth-order valence-corrected chi connectivity index (χ4v) is 3.48. The van der Waals surface area contributed by atoms with Crippen molar-refractivity contribution in [3.05, 3.63) is 11.6 Å². The summed E-state index contributed by atoms with van der Waals surface area (Å²) in [6.45, 7) is 4.98. The zero-order valence-electron chi connectivity index (χ0n) is 13.8. The van der Waals surface area contributed by atoms with Crippen molar-refractivity contribution in [3.8, 4) is 0 Å². The Balaban J connectivity index is 1.46. The van der Waals surface area contributed by atoms with Crippen LogP contribution >= 0.6 is 0 Å². The molecule has 0 unspecified atom stereocenters. The third kappa shape index (κ3) is 3.89. The van der Waals surface area contributed by atoms with E-state index in [1.54, 1.807) is 0 Å². The number of piperidine rings is 1. The van der Waals surface area contributed by atoms with Crippen LogP contribution in [-0.2, 0) is 9.59 Å². The summed E-state index contributed by atoms with van der Waals surface area (Å²) >= 11 is 0. The SMILES string of the molecule is Cc1nc([C@H]2CCCN(C(=O)CCCN3CCCC3=O)C2)n[nH]1. The molecule has 126 valence electrons. The fraction of sp³-hybridized carbons (Fsp3) is 0.750. The van der Waals surface area contributed by atoms with Crippen LogP contribution in [-0.4, -0.2) is 63.0 Å². The molecule has 3 rings (SSSR count). The summed E-state index contributed by atoms with van der Waals surface area (Å²) in [6, 6.07) is 0. The van der Waals surface area contributed by atoms with Gasteiger partial charge in [0.25, 0.3) is 0 Å². The van der Waals surface area contributed by atoms with Gasteiger partial charge in [0.2, 0.25) is 11.8 Å². The third-order valence-corrected chi connectivity index (χ3v) is 4.74. The van der Waals surface area contributed by atoms with Gasteiger partial charge in [-0.1, -0.05) is 0 Å². The maximum atomic E-state index is 12.4. The van der Waals surface area contributed by atoms with Crippen molar-refractivity contribution in [2.45, 2.75) is 51.4 Å². The van der Waals surface area contributed by atoms with Crippen LogP contribution in [0.2, 0.25) is 0 Å². The Kier molecular flexibility index (Phi) is 4.93. The van der Waals surface area contributed by atoms with Gasteiger partial charge in [-0.05, 0) is 32.6 Å². The van der Waals surface area contributed by atoms with Crippen LogP contribution in [0, 0.1) is 6.92 Å². The van der Waals surface area contributed by atoms with E-state index in [-0.39, 0.29) is 17.7 Å². The van der Waals surface area contributed by atoms with E-state index in [0.29, 0.717) is 25.9 Å². The monoisotopic (exact) mass is 319 g/mol. The molecule has 0 saturated carbocycles. The molecule has 0 aromatic carbocycles. The first kappa shape index (κ1) is 16.0. The van der Waals surface area contributed by atoms with Crippen molar-refractivity contribution in [1.29, 1.82) is 0 Å². The lowest BCUT2D eigenvalue weighted by Crippen LogP contribution is -2.39. The molecular weight excluding hydrogens is 294 g/mol. The van der Waals surface area contributed by atoms with E-state index in [1.807, 2.05) is 16.7 Å². The van der Waals surface area contributed by atoms with E-state index in [4.69, 9.17) is 0 Å². The minimum atomic E-state index is 0.189. The van der Waals surface area contributed by atoms with Gasteiger partial charge in [-0.25, -0.2) is 4.98 Å². The summed E-state index contributed by atoms with van der Waals surface area (Å²) in [6.07, 6.45) is 4.92. The number of hydrogen-bond donors (Lipinski definition) is 1. The highest BCUT2D eigenvalue weighted by molar-refractivity contribution is 5.78. The molecule has 2 aliphatic rings. The second kappa shape index (κ2) is 7.10. The number of carbonyl (C=O) groups excluding carboxylic acids is 2. The lowest BCUT2D eigenvalue weighted by molar-refractivity contribution is -0.133. The van der Waals surface area contributed by atoms with Crippen LogP contribution in [0.25, 0.3) is 0 Å². The van der Waals surface area contributed by atoms with Crippen LogP contribution in [0.1, 0.15) is 56.1 Å². The maximum absolute atomic E-state index is 12.4. The Hall–Kier alpha value is -1.92.